The normalized spacial score (nSPS) is 15.9. The first-order valence-corrected chi connectivity index (χ1v) is 30.2. The van der Waals surface area contributed by atoms with Crippen LogP contribution in [0.1, 0.15) is 36.1 Å². The minimum Gasteiger partial charge on any atom is -0.309 e. The van der Waals surface area contributed by atoms with Crippen LogP contribution in [0.2, 0.25) is 0 Å². The molecule has 0 aromatic heterocycles. The lowest BCUT2D eigenvalue weighted by Crippen LogP contribution is -2.44. The van der Waals surface area contributed by atoms with E-state index in [0.717, 1.165) is 34.1 Å². The van der Waals surface area contributed by atoms with Crippen molar-refractivity contribution in [3.63, 3.8) is 0 Å². The van der Waals surface area contributed by atoms with Crippen LogP contribution in [-0.4, -0.2) is 0 Å². The molecule has 16 aromatic carbocycles. The molecule has 0 N–H and O–H groups in total. The van der Waals surface area contributed by atoms with Crippen molar-refractivity contribution in [2.24, 2.45) is 0 Å². The fourth-order valence-corrected chi connectivity index (χ4v) is 16.1. The summed E-state index contributed by atoms with van der Waals surface area (Å²) in [6.07, 6.45) is 0. The molecule has 0 saturated carbocycles. The Bertz CT molecular complexity index is 5030. The number of hydrogen-bond acceptors (Lipinski definition) is 2. The van der Waals surface area contributed by atoms with Crippen molar-refractivity contribution in [1.29, 1.82) is 0 Å². The molecule has 402 valence electrons. The molecule has 2 aliphatic rings. The second-order valence-corrected chi connectivity index (χ2v) is 24.1. The highest BCUT2D eigenvalue weighted by atomic mass is 15.2. The fraction of sp³-hybridized carbons (Fsp3) is 0.0476. The van der Waals surface area contributed by atoms with Gasteiger partial charge in [0.1, 0.15) is 0 Å². The first-order valence-electron chi connectivity index (χ1n) is 30.2. The lowest BCUT2D eigenvalue weighted by atomic mass is 9.56. The molecule has 0 heterocycles. The summed E-state index contributed by atoms with van der Waals surface area (Å²) in [6.45, 7) is 5.22. The molecule has 2 nitrogen and oxygen atoms in total. The Morgan fingerprint density at radius 1 is 0.186 bits per heavy atom. The molecule has 0 saturated heterocycles. The SMILES string of the molecule is CC1(C2(C)c3ccc4ccccc4c3-c3c2cc(N(c2cccc4ccccc24)c2cccc4ccccc24)c2ccccc32)c2ccc3ccccc3c2-c2c1cc(N(c1cccc3ccccc13)c1cccc3ccccc13)c1ccccc21. The van der Waals surface area contributed by atoms with E-state index in [1.807, 2.05) is 0 Å². The summed E-state index contributed by atoms with van der Waals surface area (Å²) in [6, 6.07) is 115. The summed E-state index contributed by atoms with van der Waals surface area (Å²) in [4.78, 5) is 5.19. The molecule has 0 bridgehead atoms. The standard InChI is InChI=1S/C84H56N2/c1-83(69-49-47-57-27-7-13-37-63(57)79(69)81-67-41-17-15-39-65(67)77(51-71(81)83)85(73-43-19-29-53-23-3-9-33-59(53)73)74-44-20-30-54-24-4-10-34-60(54)74)84(2)70-50-48-58-28-8-14-38-64(58)80(70)82-68-42-18-16-40-66(68)78(52-72(82)84)86(75-45-21-31-55-25-5-11-35-61(55)75)76-46-22-32-56-26-6-12-36-62(56)76/h3-52H,1-2H3. The van der Waals surface area contributed by atoms with Crippen LogP contribution in [0.4, 0.5) is 34.1 Å². The molecule has 18 rings (SSSR count). The number of nitrogens with zero attached hydrogens (tertiary/aromatic N) is 2. The van der Waals surface area contributed by atoms with Gasteiger partial charge in [-0.25, -0.2) is 0 Å². The summed E-state index contributed by atoms with van der Waals surface area (Å²) in [7, 11) is 0. The molecule has 2 aliphatic carbocycles. The summed E-state index contributed by atoms with van der Waals surface area (Å²) in [5.41, 5.74) is 16.0. The molecular formula is C84H56N2. The molecule has 2 unspecified atom stereocenters. The van der Waals surface area contributed by atoms with Gasteiger partial charge in [0.2, 0.25) is 0 Å². The van der Waals surface area contributed by atoms with Crippen molar-refractivity contribution in [3.05, 3.63) is 326 Å². The Morgan fingerprint density at radius 2 is 0.419 bits per heavy atom. The van der Waals surface area contributed by atoms with Crippen molar-refractivity contribution >= 4 is 120 Å². The largest absolute Gasteiger partial charge is 0.309 e. The van der Waals surface area contributed by atoms with Gasteiger partial charge in [-0.3, -0.25) is 0 Å². The van der Waals surface area contributed by atoms with Crippen LogP contribution in [0.3, 0.4) is 0 Å². The summed E-state index contributed by atoms with van der Waals surface area (Å²) >= 11 is 0. The zero-order valence-electron chi connectivity index (χ0n) is 47.8. The highest BCUT2D eigenvalue weighted by molar-refractivity contribution is 6.20. The Hall–Kier alpha value is -10.8. The van der Waals surface area contributed by atoms with E-state index in [9.17, 15) is 0 Å². The third-order valence-corrected chi connectivity index (χ3v) is 20.1. The van der Waals surface area contributed by atoms with Gasteiger partial charge in [0, 0.05) is 43.1 Å². The third kappa shape index (κ3) is 6.61. The Kier molecular flexibility index (Phi) is 10.4. The predicted octanol–water partition coefficient (Wildman–Crippen LogP) is 23.1. The van der Waals surface area contributed by atoms with Gasteiger partial charge in [-0.1, -0.05) is 281 Å². The van der Waals surface area contributed by atoms with E-state index in [2.05, 4.69) is 327 Å². The average Bonchev–Trinajstić information content (AvgIpc) is 1.49. The maximum atomic E-state index is 2.64. The van der Waals surface area contributed by atoms with E-state index in [-0.39, 0.29) is 0 Å². The van der Waals surface area contributed by atoms with Gasteiger partial charge < -0.3 is 9.80 Å². The molecule has 2 atom stereocenters. The molecule has 0 amide bonds. The molecular weight excluding hydrogens is 1040 g/mol. The molecule has 0 spiro atoms. The van der Waals surface area contributed by atoms with Gasteiger partial charge in [0.05, 0.1) is 34.1 Å². The van der Waals surface area contributed by atoms with Gasteiger partial charge in [0.15, 0.2) is 0 Å². The number of benzene rings is 16. The monoisotopic (exact) mass is 1090 g/mol. The smallest absolute Gasteiger partial charge is 0.0544 e. The molecule has 0 radical (unpaired) electrons. The Morgan fingerprint density at radius 3 is 0.733 bits per heavy atom. The highest BCUT2D eigenvalue weighted by Gasteiger charge is 2.59. The van der Waals surface area contributed by atoms with Crippen molar-refractivity contribution in [2.45, 2.75) is 24.7 Å². The zero-order valence-corrected chi connectivity index (χ0v) is 47.8. The van der Waals surface area contributed by atoms with E-state index in [0.29, 0.717) is 0 Å². The second kappa shape index (κ2) is 18.3. The summed E-state index contributed by atoms with van der Waals surface area (Å²) in [5, 5.41) is 19.5. The summed E-state index contributed by atoms with van der Waals surface area (Å²) < 4.78 is 0. The van der Waals surface area contributed by atoms with Crippen molar-refractivity contribution in [1.82, 2.24) is 0 Å². The van der Waals surface area contributed by atoms with Gasteiger partial charge >= 0.3 is 0 Å². The fourth-order valence-electron chi connectivity index (χ4n) is 16.1. The van der Waals surface area contributed by atoms with Crippen LogP contribution in [0.15, 0.2) is 303 Å². The first-order chi connectivity index (χ1) is 42.5. The van der Waals surface area contributed by atoms with Crippen LogP contribution in [-0.2, 0) is 10.8 Å². The molecule has 0 fully saturated rings. The highest BCUT2D eigenvalue weighted by Crippen LogP contribution is 2.69. The van der Waals surface area contributed by atoms with Crippen LogP contribution in [0, 0.1) is 0 Å². The van der Waals surface area contributed by atoms with E-state index in [4.69, 9.17) is 0 Å². The van der Waals surface area contributed by atoms with Crippen molar-refractivity contribution in [3.8, 4) is 22.3 Å². The predicted molar refractivity (Wildman–Crippen MR) is 366 cm³/mol. The Labute approximate surface area is 499 Å². The van der Waals surface area contributed by atoms with Crippen molar-refractivity contribution in [2.75, 3.05) is 9.80 Å². The van der Waals surface area contributed by atoms with Crippen LogP contribution in [0.5, 0.6) is 0 Å². The quantitative estimate of drug-likeness (QED) is 0.157. The molecule has 0 aliphatic heterocycles. The minimum atomic E-state index is -0.699. The summed E-state index contributed by atoms with van der Waals surface area (Å²) in [5.74, 6) is 0. The zero-order chi connectivity index (χ0) is 56.8. The maximum Gasteiger partial charge on any atom is 0.0544 e. The number of rotatable bonds is 7. The minimum absolute atomic E-state index is 0.699. The Balaban J connectivity index is 1.01. The topological polar surface area (TPSA) is 6.48 Å². The third-order valence-electron chi connectivity index (χ3n) is 20.1. The number of hydrogen-bond donors (Lipinski definition) is 0. The lowest BCUT2D eigenvalue weighted by Gasteiger charge is -2.46. The van der Waals surface area contributed by atoms with Crippen LogP contribution < -0.4 is 9.80 Å². The second-order valence-electron chi connectivity index (χ2n) is 24.1. The number of fused-ring (bicyclic) bond motifs is 18. The van der Waals surface area contributed by atoms with Crippen LogP contribution in [0.25, 0.3) is 108 Å². The van der Waals surface area contributed by atoms with Crippen molar-refractivity contribution < 1.29 is 0 Å². The van der Waals surface area contributed by atoms with Gasteiger partial charge in [0.25, 0.3) is 0 Å². The number of anilines is 6. The van der Waals surface area contributed by atoms with E-state index < -0.39 is 10.8 Å². The maximum absolute atomic E-state index is 2.64. The lowest BCUT2D eigenvalue weighted by molar-refractivity contribution is 0.376. The van der Waals surface area contributed by atoms with Gasteiger partial charge in [-0.15, -0.1) is 0 Å². The first kappa shape index (κ1) is 48.7. The van der Waals surface area contributed by atoms with E-state index in [1.165, 1.54) is 131 Å². The molecule has 2 heteroatoms. The van der Waals surface area contributed by atoms with E-state index in [1.54, 1.807) is 0 Å². The van der Waals surface area contributed by atoms with Gasteiger partial charge in [-0.2, -0.15) is 0 Å². The van der Waals surface area contributed by atoms with Gasteiger partial charge in [-0.05, 0) is 135 Å². The average molecular weight is 1090 g/mol. The van der Waals surface area contributed by atoms with Crippen LogP contribution >= 0.6 is 0 Å². The van der Waals surface area contributed by atoms with E-state index >= 15 is 0 Å². The molecule has 16 aromatic rings. The molecule has 86 heavy (non-hydrogen) atoms.